The Bertz CT molecular complexity index is 889. The molecule has 0 atom stereocenters. The second-order valence-electron chi connectivity index (χ2n) is 6.25. The minimum Gasteiger partial charge on any atom is -0.508 e. The minimum absolute atomic E-state index is 0.226. The fourth-order valence-corrected chi connectivity index (χ4v) is 4.50. The zero-order valence-corrected chi connectivity index (χ0v) is 13.9. The fourth-order valence-electron chi connectivity index (χ4n) is 3.49. The summed E-state index contributed by atoms with van der Waals surface area (Å²) in [7, 11) is 0. The van der Waals surface area contributed by atoms with Crippen molar-refractivity contribution in [2.75, 3.05) is 0 Å². The molecule has 2 heterocycles. The normalized spacial score (nSPS) is 15.8. The highest BCUT2D eigenvalue weighted by Gasteiger charge is 2.24. The summed E-state index contributed by atoms with van der Waals surface area (Å²) < 4.78 is 2.22. The van der Waals surface area contributed by atoms with Crippen molar-refractivity contribution in [3.05, 3.63) is 35.2 Å². The van der Waals surface area contributed by atoms with Gasteiger partial charge in [-0.25, -0.2) is 9.78 Å². The lowest BCUT2D eigenvalue weighted by atomic mass is 9.95. The zero-order chi connectivity index (χ0) is 16.7. The highest BCUT2D eigenvalue weighted by molar-refractivity contribution is 7.20. The molecule has 1 saturated carbocycles. The molecule has 0 amide bonds. The number of rotatable bonds is 3. The van der Waals surface area contributed by atoms with Crippen LogP contribution in [0.15, 0.2) is 30.3 Å². The van der Waals surface area contributed by atoms with E-state index in [9.17, 15) is 15.0 Å². The molecule has 0 saturated heterocycles. The van der Waals surface area contributed by atoms with Crippen LogP contribution in [0.5, 0.6) is 5.75 Å². The molecule has 1 aliphatic carbocycles. The molecule has 1 aromatic carbocycles. The van der Waals surface area contributed by atoms with Gasteiger partial charge in [0.15, 0.2) is 0 Å². The summed E-state index contributed by atoms with van der Waals surface area (Å²) in [6.45, 7) is 0. The minimum atomic E-state index is -0.903. The Balaban J connectivity index is 1.89. The first kappa shape index (κ1) is 15.2. The third-order valence-electron chi connectivity index (χ3n) is 4.64. The number of carbonyl (C=O) groups is 1. The molecular weight excluding hydrogens is 324 g/mol. The molecule has 5 nitrogen and oxygen atoms in total. The van der Waals surface area contributed by atoms with E-state index in [0.717, 1.165) is 34.6 Å². The summed E-state index contributed by atoms with van der Waals surface area (Å²) in [5, 5.41) is 18.8. The first-order valence-electron chi connectivity index (χ1n) is 8.18. The van der Waals surface area contributed by atoms with Gasteiger partial charge in [-0.15, -0.1) is 11.3 Å². The number of imidazole rings is 1. The molecule has 0 bridgehead atoms. The van der Waals surface area contributed by atoms with Gasteiger partial charge in [0.05, 0.1) is 0 Å². The molecule has 124 valence electrons. The molecule has 0 spiro atoms. The molecule has 6 heteroatoms. The maximum atomic E-state index is 11.3. The van der Waals surface area contributed by atoms with Crippen LogP contribution >= 0.6 is 11.3 Å². The van der Waals surface area contributed by atoms with Crippen LogP contribution < -0.4 is 0 Å². The summed E-state index contributed by atoms with van der Waals surface area (Å²) in [4.78, 5) is 17.3. The van der Waals surface area contributed by atoms with Crippen LogP contribution in [0.1, 0.15) is 47.8 Å². The van der Waals surface area contributed by atoms with E-state index in [0.29, 0.717) is 10.9 Å². The van der Waals surface area contributed by atoms with Crippen LogP contribution in [0.4, 0.5) is 0 Å². The van der Waals surface area contributed by atoms with Crippen molar-refractivity contribution in [2.24, 2.45) is 0 Å². The van der Waals surface area contributed by atoms with Gasteiger partial charge in [0, 0.05) is 11.6 Å². The summed E-state index contributed by atoms with van der Waals surface area (Å²) in [6, 6.07) is 9.05. The number of hydrogen-bond donors (Lipinski definition) is 2. The number of hydrogen-bond acceptors (Lipinski definition) is 4. The summed E-state index contributed by atoms with van der Waals surface area (Å²) in [6.07, 6.45) is 5.83. The number of phenolic OH excluding ortho intramolecular Hbond substituents is 1. The molecule has 1 aliphatic rings. The fraction of sp³-hybridized carbons (Fsp3) is 0.333. The van der Waals surface area contributed by atoms with Gasteiger partial charge in [-0.2, -0.15) is 0 Å². The third kappa shape index (κ3) is 2.57. The van der Waals surface area contributed by atoms with Crippen molar-refractivity contribution < 1.29 is 15.0 Å². The molecule has 0 unspecified atom stereocenters. The summed E-state index contributed by atoms with van der Waals surface area (Å²) >= 11 is 1.30. The molecule has 1 fully saturated rings. The van der Waals surface area contributed by atoms with Crippen LogP contribution in [0.3, 0.4) is 0 Å². The van der Waals surface area contributed by atoms with Crippen molar-refractivity contribution in [1.82, 2.24) is 9.55 Å². The zero-order valence-electron chi connectivity index (χ0n) is 13.1. The lowest BCUT2D eigenvalue weighted by Crippen LogP contribution is -2.13. The van der Waals surface area contributed by atoms with Crippen molar-refractivity contribution in [1.29, 1.82) is 0 Å². The van der Waals surface area contributed by atoms with E-state index in [4.69, 9.17) is 4.98 Å². The van der Waals surface area contributed by atoms with Gasteiger partial charge in [-0.3, -0.25) is 0 Å². The monoisotopic (exact) mass is 342 g/mol. The molecular formula is C18H18N2O3S. The van der Waals surface area contributed by atoms with Gasteiger partial charge in [-0.05, 0) is 43.2 Å². The van der Waals surface area contributed by atoms with Crippen LogP contribution in [0, 0.1) is 0 Å². The number of aromatic carboxylic acids is 1. The Kier molecular flexibility index (Phi) is 3.76. The van der Waals surface area contributed by atoms with Crippen LogP contribution in [-0.2, 0) is 0 Å². The number of benzene rings is 1. The van der Waals surface area contributed by atoms with E-state index in [1.165, 1.54) is 30.6 Å². The maximum absolute atomic E-state index is 11.3. The smallest absolute Gasteiger partial charge is 0.346 e. The Morgan fingerprint density at radius 2 is 1.88 bits per heavy atom. The highest BCUT2D eigenvalue weighted by Crippen LogP contribution is 2.39. The predicted molar refractivity (Wildman–Crippen MR) is 93.8 cm³/mol. The lowest BCUT2D eigenvalue weighted by molar-refractivity contribution is 0.0702. The molecule has 4 rings (SSSR count). The van der Waals surface area contributed by atoms with Crippen molar-refractivity contribution in [2.45, 2.75) is 38.1 Å². The second-order valence-corrected chi connectivity index (χ2v) is 7.28. The molecule has 3 aromatic rings. The quantitative estimate of drug-likeness (QED) is 0.725. The van der Waals surface area contributed by atoms with E-state index in [-0.39, 0.29) is 5.75 Å². The number of aromatic nitrogens is 2. The van der Waals surface area contributed by atoms with Gasteiger partial charge in [-0.1, -0.05) is 19.3 Å². The Labute approximate surface area is 143 Å². The number of carboxylic acid groups (broad SMARTS) is 1. The van der Waals surface area contributed by atoms with Crippen molar-refractivity contribution in [3.8, 4) is 17.1 Å². The number of phenols is 1. The summed E-state index contributed by atoms with van der Waals surface area (Å²) in [5.41, 5.74) is 1.68. The largest absolute Gasteiger partial charge is 0.508 e. The average Bonchev–Trinajstić information content (AvgIpc) is 3.14. The van der Waals surface area contributed by atoms with E-state index < -0.39 is 5.97 Å². The van der Waals surface area contributed by atoms with Crippen LogP contribution in [-0.4, -0.2) is 25.7 Å². The lowest BCUT2D eigenvalue weighted by Gasteiger charge is -2.25. The number of fused-ring (bicyclic) bond motifs is 1. The molecule has 0 radical (unpaired) electrons. The van der Waals surface area contributed by atoms with Crippen molar-refractivity contribution >= 4 is 27.7 Å². The highest BCUT2D eigenvalue weighted by atomic mass is 32.1. The maximum Gasteiger partial charge on any atom is 0.346 e. The molecule has 24 heavy (non-hydrogen) atoms. The topological polar surface area (TPSA) is 75.3 Å². The van der Waals surface area contributed by atoms with Gasteiger partial charge < -0.3 is 14.8 Å². The van der Waals surface area contributed by atoms with E-state index in [2.05, 4.69) is 4.57 Å². The van der Waals surface area contributed by atoms with Gasteiger partial charge in [0.25, 0.3) is 0 Å². The first-order valence-corrected chi connectivity index (χ1v) is 8.99. The summed E-state index contributed by atoms with van der Waals surface area (Å²) in [5.74, 6) is 0.184. The Hall–Kier alpha value is -2.34. The number of aromatic hydroxyl groups is 1. The third-order valence-corrected chi connectivity index (χ3v) is 5.75. The van der Waals surface area contributed by atoms with E-state index in [1.807, 2.05) is 12.1 Å². The van der Waals surface area contributed by atoms with Gasteiger partial charge in [0.1, 0.15) is 26.8 Å². The second kappa shape index (κ2) is 5.94. The molecule has 2 aromatic heterocycles. The standard InChI is InChI=1S/C18H18N2O3S/c21-13-8-6-11(7-9-13)16-19-14-10-15(18(22)23)24-17(14)20(16)12-4-2-1-3-5-12/h6-10,12,21H,1-5H2,(H,22,23). The van der Waals surface area contributed by atoms with Crippen LogP contribution in [0.2, 0.25) is 0 Å². The number of carboxylic acids is 1. The van der Waals surface area contributed by atoms with E-state index >= 15 is 0 Å². The van der Waals surface area contributed by atoms with Gasteiger partial charge in [0.2, 0.25) is 0 Å². The van der Waals surface area contributed by atoms with E-state index in [1.54, 1.807) is 18.2 Å². The van der Waals surface area contributed by atoms with Gasteiger partial charge >= 0.3 is 5.97 Å². The molecule has 0 aliphatic heterocycles. The number of thiophene rings is 1. The van der Waals surface area contributed by atoms with Crippen LogP contribution in [0.25, 0.3) is 21.7 Å². The molecule has 2 N–H and O–H groups in total. The Morgan fingerprint density at radius 3 is 2.54 bits per heavy atom. The SMILES string of the molecule is O=C(O)c1cc2nc(-c3ccc(O)cc3)n(C3CCCCC3)c2s1. The average molecular weight is 342 g/mol. The first-order chi connectivity index (χ1) is 11.6. The van der Waals surface area contributed by atoms with Crippen molar-refractivity contribution in [3.63, 3.8) is 0 Å². The number of nitrogens with zero attached hydrogens (tertiary/aromatic N) is 2. The Morgan fingerprint density at radius 1 is 1.17 bits per heavy atom. The predicted octanol–water partition coefficient (Wildman–Crippen LogP) is 4.67.